The van der Waals surface area contributed by atoms with Gasteiger partial charge in [0.25, 0.3) is 0 Å². The highest BCUT2D eigenvalue weighted by atomic mass is 16.4. The third-order valence-electron chi connectivity index (χ3n) is 3.70. The molecule has 0 spiro atoms. The van der Waals surface area contributed by atoms with Crippen molar-refractivity contribution in [3.8, 4) is 0 Å². The van der Waals surface area contributed by atoms with Gasteiger partial charge < -0.3 is 20.8 Å². The Bertz CT molecular complexity index is 518. The van der Waals surface area contributed by atoms with Crippen LogP contribution in [0.15, 0.2) is 24.3 Å². The van der Waals surface area contributed by atoms with Crippen molar-refractivity contribution in [3.05, 3.63) is 35.4 Å². The van der Waals surface area contributed by atoms with Gasteiger partial charge in [-0.15, -0.1) is 0 Å². The van der Waals surface area contributed by atoms with E-state index in [1.54, 1.807) is 0 Å². The zero-order valence-electron chi connectivity index (χ0n) is 11.7. The van der Waals surface area contributed by atoms with Gasteiger partial charge in [-0.1, -0.05) is 24.3 Å². The molecule has 6 heteroatoms. The van der Waals surface area contributed by atoms with Crippen LogP contribution in [0.2, 0.25) is 0 Å². The van der Waals surface area contributed by atoms with Crippen molar-refractivity contribution in [1.82, 2.24) is 10.6 Å². The lowest BCUT2D eigenvalue weighted by molar-refractivity contribution is -0.139. The van der Waals surface area contributed by atoms with Gasteiger partial charge >= 0.3 is 12.0 Å². The SMILES string of the molecule is O=C(NC(CCO)C(=O)O)NC1CCCc2ccccc21. The number of urea groups is 1. The summed E-state index contributed by atoms with van der Waals surface area (Å²) in [6, 6.07) is 6.25. The molecular weight excluding hydrogens is 272 g/mol. The van der Waals surface area contributed by atoms with E-state index in [4.69, 9.17) is 10.2 Å². The summed E-state index contributed by atoms with van der Waals surface area (Å²) in [4.78, 5) is 22.9. The summed E-state index contributed by atoms with van der Waals surface area (Å²) in [7, 11) is 0. The van der Waals surface area contributed by atoms with Crippen LogP contribution in [-0.4, -0.2) is 34.9 Å². The molecule has 4 N–H and O–H groups in total. The molecule has 1 aliphatic rings. The Morgan fingerprint density at radius 3 is 2.81 bits per heavy atom. The molecule has 1 aromatic carbocycles. The molecule has 21 heavy (non-hydrogen) atoms. The minimum Gasteiger partial charge on any atom is -0.480 e. The van der Waals surface area contributed by atoms with E-state index in [0.717, 1.165) is 24.8 Å². The summed E-state index contributed by atoms with van der Waals surface area (Å²) in [5.41, 5.74) is 2.31. The number of aliphatic hydroxyl groups excluding tert-OH is 1. The van der Waals surface area contributed by atoms with E-state index < -0.39 is 18.0 Å². The number of nitrogens with one attached hydrogen (secondary N) is 2. The van der Waals surface area contributed by atoms with Crippen molar-refractivity contribution >= 4 is 12.0 Å². The van der Waals surface area contributed by atoms with Crippen molar-refractivity contribution < 1.29 is 19.8 Å². The Kier molecular flexibility index (Phi) is 5.16. The van der Waals surface area contributed by atoms with Crippen molar-refractivity contribution in [2.75, 3.05) is 6.61 Å². The fourth-order valence-electron chi connectivity index (χ4n) is 2.65. The van der Waals surface area contributed by atoms with E-state index in [2.05, 4.69) is 10.6 Å². The fraction of sp³-hybridized carbons (Fsp3) is 0.467. The van der Waals surface area contributed by atoms with Gasteiger partial charge in [-0.2, -0.15) is 0 Å². The fourth-order valence-corrected chi connectivity index (χ4v) is 2.65. The van der Waals surface area contributed by atoms with E-state index in [9.17, 15) is 9.59 Å². The number of aliphatic hydroxyl groups is 1. The number of aryl methyl sites for hydroxylation is 1. The van der Waals surface area contributed by atoms with Crippen molar-refractivity contribution in [1.29, 1.82) is 0 Å². The summed E-state index contributed by atoms with van der Waals surface area (Å²) in [5, 5.41) is 23.0. The Balaban J connectivity index is 1.99. The lowest BCUT2D eigenvalue weighted by atomic mass is 9.88. The van der Waals surface area contributed by atoms with Gasteiger partial charge in [0, 0.05) is 13.0 Å². The molecule has 2 atom stereocenters. The van der Waals surface area contributed by atoms with Gasteiger partial charge in [-0.3, -0.25) is 0 Å². The Hall–Kier alpha value is -2.08. The second kappa shape index (κ2) is 7.08. The van der Waals surface area contributed by atoms with Crippen LogP contribution in [0.25, 0.3) is 0 Å². The van der Waals surface area contributed by atoms with Crippen LogP contribution < -0.4 is 10.6 Å². The molecule has 114 valence electrons. The average Bonchev–Trinajstić information content (AvgIpc) is 2.47. The lowest BCUT2D eigenvalue weighted by Crippen LogP contribution is -2.47. The number of aliphatic carboxylic acids is 1. The van der Waals surface area contributed by atoms with Gasteiger partial charge in [0.15, 0.2) is 0 Å². The van der Waals surface area contributed by atoms with Gasteiger partial charge in [0.2, 0.25) is 0 Å². The average molecular weight is 292 g/mol. The Morgan fingerprint density at radius 1 is 1.33 bits per heavy atom. The van der Waals surface area contributed by atoms with E-state index >= 15 is 0 Å². The number of fused-ring (bicyclic) bond motifs is 1. The molecule has 0 aromatic heterocycles. The molecule has 0 radical (unpaired) electrons. The van der Waals surface area contributed by atoms with Gasteiger partial charge in [0.1, 0.15) is 6.04 Å². The second-order valence-electron chi connectivity index (χ2n) is 5.16. The van der Waals surface area contributed by atoms with Gasteiger partial charge in [-0.05, 0) is 30.4 Å². The van der Waals surface area contributed by atoms with Gasteiger partial charge in [0.05, 0.1) is 6.04 Å². The third kappa shape index (κ3) is 3.95. The lowest BCUT2D eigenvalue weighted by Gasteiger charge is -2.27. The number of amides is 2. The first-order valence-corrected chi connectivity index (χ1v) is 7.10. The van der Waals surface area contributed by atoms with Crippen molar-refractivity contribution in [3.63, 3.8) is 0 Å². The minimum absolute atomic E-state index is 0.00991. The molecule has 0 heterocycles. The first kappa shape index (κ1) is 15.3. The molecule has 0 saturated carbocycles. The zero-order chi connectivity index (χ0) is 15.2. The van der Waals surface area contributed by atoms with Crippen LogP contribution in [0.1, 0.15) is 36.4 Å². The largest absolute Gasteiger partial charge is 0.480 e. The quantitative estimate of drug-likeness (QED) is 0.655. The van der Waals surface area contributed by atoms with Crippen LogP contribution >= 0.6 is 0 Å². The summed E-state index contributed by atoms with van der Waals surface area (Å²) in [5.74, 6) is -1.15. The van der Waals surface area contributed by atoms with Crippen LogP contribution in [0.5, 0.6) is 0 Å². The first-order valence-electron chi connectivity index (χ1n) is 7.10. The predicted molar refractivity (Wildman–Crippen MR) is 76.9 cm³/mol. The normalized spacial score (nSPS) is 18.4. The molecule has 0 bridgehead atoms. The number of carbonyl (C=O) groups excluding carboxylic acids is 1. The zero-order valence-corrected chi connectivity index (χ0v) is 11.7. The number of carbonyl (C=O) groups is 2. The Morgan fingerprint density at radius 2 is 2.10 bits per heavy atom. The predicted octanol–water partition coefficient (Wildman–Crippen LogP) is 1.20. The molecule has 0 fully saturated rings. The van der Waals surface area contributed by atoms with E-state index in [1.165, 1.54) is 5.56 Å². The molecule has 0 aliphatic heterocycles. The number of carboxylic acids is 1. The summed E-state index contributed by atoms with van der Waals surface area (Å²) in [6.45, 7) is -0.288. The standard InChI is InChI=1S/C15H20N2O4/c18-9-8-13(14(19)20)17-15(21)16-12-7-3-5-10-4-1-2-6-11(10)12/h1-2,4,6,12-13,18H,3,5,7-9H2,(H,19,20)(H2,16,17,21). The van der Waals surface area contributed by atoms with Crippen LogP contribution in [-0.2, 0) is 11.2 Å². The molecule has 0 saturated heterocycles. The molecule has 2 unspecified atom stereocenters. The van der Waals surface area contributed by atoms with Crippen LogP contribution in [0.4, 0.5) is 4.79 Å². The van der Waals surface area contributed by atoms with E-state index in [-0.39, 0.29) is 19.1 Å². The van der Waals surface area contributed by atoms with Gasteiger partial charge in [-0.25, -0.2) is 9.59 Å². The summed E-state index contributed by atoms with van der Waals surface area (Å²) in [6.07, 6.45) is 2.81. The minimum atomic E-state index is -1.15. The smallest absolute Gasteiger partial charge is 0.326 e. The molecular formula is C15H20N2O4. The van der Waals surface area contributed by atoms with Crippen LogP contribution in [0, 0.1) is 0 Å². The molecule has 2 amide bonds. The summed E-state index contributed by atoms with van der Waals surface area (Å²) < 4.78 is 0. The molecule has 6 nitrogen and oxygen atoms in total. The molecule has 2 rings (SSSR count). The second-order valence-corrected chi connectivity index (χ2v) is 5.16. The number of hydrogen-bond acceptors (Lipinski definition) is 3. The highest BCUT2D eigenvalue weighted by Gasteiger charge is 2.24. The van der Waals surface area contributed by atoms with E-state index in [0.29, 0.717) is 0 Å². The third-order valence-corrected chi connectivity index (χ3v) is 3.70. The van der Waals surface area contributed by atoms with Crippen molar-refractivity contribution in [2.45, 2.75) is 37.8 Å². The number of benzene rings is 1. The first-order chi connectivity index (χ1) is 10.1. The highest BCUT2D eigenvalue weighted by molar-refractivity contribution is 5.82. The maximum atomic E-state index is 11.9. The number of rotatable bonds is 5. The maximum absolute atomic E-state index is 11.9. The number of hydrogen-bond donors (Lipinski definition) is 4. The Labute approximate surface area is 123 Å². The van der Waals surface area contributed by atoms with Crippen LogP contribution in [0.3, 0.4) is 0 Å². The molecule has 1 aromatic rings. The monoisotopic (exact) mass is 292 g/mol. The highest BCUT2D eigenvalue weighted by Crippen LogP contribution is 2.29. The summed E-state index contributed by atoms with van der Waals surface area (Å²) >= 11 is 0. The topological polar surface area (TPSA) is 98.7 Å². The molecule has 1 aliphatic carbocycles. The number of carboxylic acid groups (broad SMARTS) is 1. The van der Waals surface area contributed by atoms with E-state index in [1.807, 2.05) is 24.3 Å². The maximum Gasteiger partial charge on any atom is 0.326 e. The van der Waals surface area contributed by atoms with Crippen molar-refractivity contribution in [2.24, 2.45) is 0 Å².